The quantitative estimate of drug-likeness (QED) is 0.894. The third-order valence-corrected chi connectivity index (χ3v) is 3.61. The first kappa shape index (κ1) is 13.0. The van der Waals surface area contributed by atoms with Gasteiger partial charge >= 0.3 is 0 Å². The van der Waals surface area contributed by atoms with E-state index in [4.69, 9.17) is 5.73 Å². The van der Waals surface area contributed by atoms with Crippen LogP contribution in [0.1, 0.15) is 26.2 Å². The van der Waals surface area contributed by atoms with E-state index in [9.17, 15) is 9.18 Å². The molecule has 0 radical (unpaired) electrons. The van der Waals surface area contributed by atoms with Gasteiger partial charge in [-0.1, -0.05) is 6.42 Å². The standard InChI is InChI=1S/C14H19FN2O/c1-2-17(11-8-6-10(15)7-9-11)14(18)12-4-3-5-13(12)16/h6-9,12-13H,2-5,16H2,1H3. The van der Waals surface area contributed by atoms with Crippen LogP contribution >= 0.6 is 0 Å². The Labute approximate surface area is 107 Å². The fourth-order valence-corrected chi connectivity index (χ4v) is 2.58. The Morgan fingerprint density at radius 1 is 1.39 bits per heavy atom. The molecule has 1 amide bonds. The van der Waals surface area contributed by atoms with Crippen LogP contribution in [0.4, 0.5) is 10.1 Å². The molecule has 2 unspecified atom stereocenters. The maximum absolute atomic E-state index is 12.9. The zero-order chi connectivity index (χ0) is 13.1. The van der Waals surface area contributed by atoms with Gasteiger partial charge < -0.3 is 10.6 Å². The number of carbonyl (C=O) groups is 1. The molecule has 2 N–H and O–H groups in total. The van der Waals surface area contributed by atoms with E-state index in [1.165, 1.54) is 12.1 Å². The van der Waals surface area contributed by atoms with Crippen molar-refractivity contribution in [2.24, 2.45) is 11.7 Å². The van der Waals surface area contributed by atoms with Gasteiger partial charge in [0, 0.05) is 18.3 Å². The molecule has 0 saturated heterocycles. The van der Waals surface area contributed by atoms with Gasteiger partial charge in [-0.15, -0.1) is 0 Å². The van der Waals surface area contributed by atoms with Gasteiger partial charge in [0.1, 0.15) is 5.82 Å². The molecule has 0 heterocycles. The highest BCUT2D eigenvalue weighted by molar-refractivity contribution is 5.95. The summed E-state index contributed by atoms with van der Waals surface area (Å²) in [5.41, 5.74) is 6.71. The molecule has 2 rings (SSSR count). The van der Waals surface area contributed by atoms with E-state index in [2.05, 4.69) is 0 Å². The van der Waals surface area contributed by atoms with Crippen molar-refractivity contribution >= 4 is 11.6 Å². The molecule has 98 valence electrons. The first-order valence-electron chi connectivity index (χ1n) is 6.46. The zero-order valence-electron chi connectivity index (χ0n) is 10.6. The number of hydrogen-bond donors (Lipinski definition) is 1. The molecular formula is C14H19FN2O. The number of anilines is 1. The first-order chi connectivity index (χ1) is 8.63. The van der Waals surface area contributed by atoms with Crippen LogP contribution in [0, 0.1) is 11.7 Å². The fraction of sp³-hybridized carbons (Fsp3) is 0.500. The lowest BCUT2D eigenvalue weighted by molar-refractivity contribution is -0.122. The number of rotatable bonds is 3. The third-order valence-electron chi connectivity index (χ3n) is 3.61. The van der Waals surface area contributed by atoms with Gasteiger partial charge in [-0.05, 0) is 44.0 Å². The van der Waals surface area contributed by atoms with Gasteiger partial charge in [-0.2, -0.15) is 0 Å². The first-order valence-corrected chi connectivity index (χ1v) is 6.46. The molecule has 1 aliphatic rings. The molecule has 1 fully saturated rings. The summed E-state index contributed by atoms with van der Waals surface area (Å²) in [4.78, 5) is 14.1. The van der Waals surface area contributed by atoms with Crippen molar-refractivity contribution in [1.29, 1.82) is 0 Å². The van der Waals surface area contributed by atoms with Gasteiger partial charge in [-0.3, -0.25) is 4.79 Å². The Morgan fingerprint density at radius 2 is 2.06 bits per heavy atom. The van der Waals surface area contributed by atoms with Crippen LogP contribution < -0.4 is 10.6 Å². The largest absolute Gasteiger partial charge is 0.327 e. The van der Waals surface area contributed by atoms with E-state index in [1.54, 1.807) is 17.0 Å². The number of hydrogen-bond acceptors (Lipinski definition) is 2. The van der Waals surface area contributed by atoms with Crippen molar-refractivity contribution in [2.75, 3.05) is 11.4 Å². The number of nitrogens with two attached hydrogens (primary N) is 1. The Kier molecular flexibility index (Phi) is 3.97. The average Bonchev–Trinajstić information content (AvgIpc) is 2.78. The van der Waals surface area contributed by atoms with Crippen LogP contribution in [0.3, 0.4) is 0 Å². The SMILES string of the molecule is CCN(C(=O)C1CCCC1N)c1ccc(F)cc1. The molecule has 1 aromatic rings. The van der Waals surface area contributed by atoms with Crippen molar-refractivity contribution in [1.82, 2.24) is 0 Å². The van der Waals surface area contributed by atoms with Crippen molar-refractivity contribution in [3.8, 4) is 0 Å². The van der Waals surface area contributed by atoms with Crippen LogP contribution in [0.2, 0.25) is 0 Å². The third kappa shape index (κ3) is 2.53. The maximum Gasteiger partial charge on any atom is 0.231 e. The predicted molar refractivity (Wildman–Crippen MR) is 69.7 cm³/mol. The summed E-state index contributed by atoms with van der Waals surface area (Å²) in [6.45, 7) is 2.50. The molecule has 0 aliphatic heterocycles. The molecule has 1 aromatic carbocycles. The summed E-state index contributed by atoms with van der Waals surface area (Å²) in [6.07, 6.45) is 2.79. The Hall–Kier alpha value is -1.42. The number of carbonyl (C=O) groups excluding carboxylic acids is 1. The highest BCUT2D eigenvalue weighted by atomic mass is 19.1. The van der Waals surface area contributed by atoms with Crippen molar-refractivity contribution < 1.29 is 9.18 Å². The van der Waals surface area contributed by atoms with Crippen LogP contribution in [0.25, 0.3) is 0 Å². The van der Waals surface area contributed by atoms with Gasteiger partial charge in [-0.25, -0.2) is 4.39 Å². The van der Waals surface area contributed by atoms with Crippen molar-refractivity contribution in [3.05, 3.63) is 30.1 Å². The Balaban J connectivity index is 2.17. The van der Waals surface area contributed by atoms with Gasteiger partial charge in [0.2, 0.25) is 5.91 Å². The number of halogens is 1. The molecule has 18 heavy (non-hydrogen) atoms. The zero-order valence-corrected chi connectivity index (χ0v) is 10.6. The normalized spacial score (nSPS) is 23.1. The molecule has 1 aliphatic carbocycles. The topological polar surface area (TPSA) is 46.3 Å². The lowest BCUT2D eigenvalue weighted by Crippen LogP contribution is -2.41. The fourth-order valence-electron chi connectivity index (χ4n) is 2.58. The summed E-state index contributed by atoms with van der Waals surface area (Å²) >= 11 is 0. The van der Waals surface area contributed by atoms with Gasteiger partial charge in [0.25, 0.3) is 0 Å². The molecule has 2 atom stereocenters. The summed E-state index contributed by atoms with van der Waals surface area (Å²) in [7, 11) is 0. The Bertz CT molecular complexity index is 418. The lowest BCUT2D eigenvalue weighted by Gasteiger charge is -2.26. The number of amides is 1. The van der Waals surface area contributed by atoms with Gasteiger partial charge in [0.05, 0.1) is 5.92 Å². The van der Waals surface area contributed by atoms with Crippen molar-refractivity contribution in [3.63, 3.8) is 0 Å². The van der Waals surface area contributed by atoms with E-state index in [0.717, 1.165) is 24.9 Å². The van der Waals surface area contributed by atoms with Crippen LogP contribution in [-0.2, 0) is 4.79 Å². The Morgan fingerprint density at radius 3 is 2.56 bits per heavy atom. The predicted octanol–water partition coefficient (Wildman–Crippen LogP) is 2.31. The number of benzene rings is 1. The van der Waals surface area contributed by atoms with Crippen LogP contribution in [-0.4, -0.2) is 18.5 Å². The molecule has 0 spiro atoms. The highest BCUT2D eigenvalue weighted by Crippen LogP contribution is 2.28. The summed E-state index contributed by atoms with van der Waals surface area (Å²) in [5.74, 6) is -0.316. The van der Waals surface area contributed by atoms with E-state index in [-0.39, 0.29) is 23.7 Å². The van der Waals surface area contributed by atoms with E-state index >= 15 is 0 Å². The van der Waals surface area contributed by atoms with E-state index in [1.807, 2.05) is 6.92 Å². The summed E-state index contributed by atoms with van der Waals surface area (Å²) in [5, 5.41) is 0. The summed E-state index contributed by atoms with van der Waals surface area (Å²) in [6, 6.07) is 5.99. The van der Waals surface area contributed by atoms with Gasteiger partial charge in [0.15, 0.2) is 0 Å². The number of nitrogens with zero attached hydrogens (tertiary/aromatic N) is 1. The molecule has 1 saturated carbocycles. The van der Waals surface area contributed by atoms with E-state index in [0.29, 0.717) is 6.54 Å². The monoisotopic (exact) mass is 250 g/mol. The second kappa shape index (κ2) is 5.48. The maximum atomic E-state index is 12.9. The molecular weight excluding hydrogens is 231 g/mol. The molecule has 0 aromatic heterocycles. The minimum Gasteiger partial charge on any atom is -0.327 e. The smallest absolute Gasteiger partial charge is 0.231 e. The van der Waals surface area contributed by atoms with Crippen molar-refractivity contribution in [2.45, 2.75) is 32.2 Å². The van der Waals surface area contributed by atoms with Crippen LogP contribution in [0.15, 0.2) is 24.3 Å². The molecule has 0 bridgehead atoms. The van der Waals surface area contributed by atoms with Crippen LogP contribution in [0.5, 0.6) is 0 Å². The second-order valence-corrected chi connectivity index (χ2v) is 4.76. The average molecular weight is 250 g/mol. The summed E-state index contributed by atoms with van der Waals surface area (Å²) < 4.78 is 12.9. The molecule has 4 heteroatoms. The lowest BCUT2D eigenvalue weighted by atomic mass is 10.0. The minimum atomic E-state index is -0.292. The van der Waals surface area contributed by atoms with E-state index < -0.39 is 0 Å². The highest BCUT2D eigenvalue weighted by Gasteiger charge is 2.33. The second-order valence-electron chi connectivity index (χ2n) is 4.76. The molecule has 3 nitrogen and oxygen atoms in total. The minimum absolute atomic E-state index is 0.0352.